The van der Waals surface area contributed by atoms with Gasteiger partial charge in [-0.25, -0.2) is 0 Å². The molecule has 2 atom stereocenters. The van der Waals surface area contributed by atoms with Crippen LogP contribution >= 0.6 is 35.2 Å². The first-order valence-corrected chi connectivity index (χ1v) is 9.10. The van der Waals surface area contributed by atoms with E-state index in [1.54, 1.807) is 0 Å². The van der Waals surface area contributed by atoms with Crippen LogP contribution < -0.4 is 5.32 Å². The maximum atomic E-state index is 12.1. The number of hydrogen-bond donors (Lipinski definition) is 2. The molecule has 112 valence electrons. The number of nitrogens with zero attached hydrogens (tertiary/aromatic N) is 1. The number of benzene rings is 1. The minimum Gasteiger partial charge on any atom is -0.295 e. The van der Waals surface area contributed by atoms with Gasteiger partial charge in [0.1, 0.15) is 0 Å². The lowest BCUT2D eigenvalue weighted by atomic mass is 10.0. The summed E-state index contributed by atoms with van der Waals surface area (Å²) in [6.45, 7) is 0.739. The lowest BCUT2D eigenvalue weighted by Gasteiger charge is -2.32. The molecule has 2 heterocycles. The molecule has 1 aromatic rings. The van der Waals surface area contributed by atoms with Crippen LogP contribution in [0.2, 0.25) is 0 Å². The van der Waals surface area contributed by atoms with E-state index in [9.17, 15) is 9.59 Å². The Labute approximate surface area is 143 Å². The van der Waals surface area contributed by atoms with E-state index in [1.165, 1.54) is 16.7 Å². The smallest absolute Gasteiger partial charge is 0.243 e. The van der Waals surface area contributed by atoms with Crippen molar-refractivity contribution in [1.29, 1.82) is 0 Å². The number of rotatable bonds is 3. The monoisotopic (exact) mass is 416 g/mol. The highest BCUT2D eigenvalue weighted by molar-refractivity contribution is 14.1. The van der Waals surface area contributed by atoms with Crippen molar-refractivity contribution in [3.63, 3.8) is 0 Å². The van der Waals surface area contributed by atoms with Crippen molar-refractivity contribution in [2.45, 2.75) is 37.2 Å². The van der Waals surface area contributed by atoms with Crippen LogP contribution in [0.15, 0.2) is 18.2 Å². The van der Waals surface area contributed by atoms with Gasteiger partial charge in [-0.2, -0.15) is 12.6 Å². The number of carbonyl (C=O) groups excluding carboxylic acids is 2. The predicted octanol–water partition coefficient (Wildman–Crippen LogP) is 2.21. The molecule has 2 aliphatic rings. The second-order valence-electron chi connectivity index (χ2n) is 5.44. The van der Waals surface area contributed by atoms with Gasteiger partial charge in [-0.3, -0.25) is 19.8 Å². The average Bonchev–Trinajstić information content (AvgIpc) is 2.78. The van der Waals surface area contributed by atoms with Gasteiger partial charge in [-0.05, 0) is 29.5 Å². The summed E-state index contributed by atoms with van der Waals surface area (Å²) in [7, 11) is 0. The maximum absolute atomic E-state index is 12.1. The average molecular weight is 416 g/mol. The molecule has 4 nitrogen and oxygen atoms in total. The SMILES string of the molecule is O=C1CCC(N2Cc3c(CCI)cccc3C2S)C(=O)N1. The largest absolute Gasteiger partial charge is 0.295 e. The molecule has 21 heavy (non-hydrogen) atoms. The van der Waals surface area contributed by atoms with Crippen molar-refractivity contribution in [2.75, 3.05) is 4.43 Å². The number of aryl methyl sites for hydroxylation is 1. The maximum Gasteiger partial charge on any atom is 0.243 e. The van der Waals surface area contributed by atoms with Gasteiger partial charge < -0.3 is 0 Å². The number of thiol groups is 1. The standard InChI is InChI=1S/C15H17IN2O2S/c16-7-6-9-2-1-3-10-11(9)8-18(15(10)21)12-4-5-13(19)17-14(12)20/h1-3,12,15,21H,4-8H2,(H,17,19,20). The number of halogens is 1. The molecule has 6 heteroatoms. The minimum atomic E-state index is -0.259. The van der Waals surface area contributed by atoms with Crippen molar-refractivity contribution in [3.8, 4) is 0 Å². The van der Waals surface area contributed by atoms with E-state index in [0.29, 0.717) is 12.8 Å². The van der Waals surface area contributed by atoms with E-state index in [1.807, 2.05) is 0 Å². The minimum absolute atomic E-state index is 0.0712. The van der Waals surface area contributed by atoms with E-state index in [0.717, 1.165) is 17.4 Å². The summed E-state index contributed by atoms with van der Waals surface area (Å²) in [4.78, 5) is 25.5. The third-order valence-corrected chi connectivity index (χ3v) is 5.33. The molecule has 1 saturated heterocycles. The summed E-state index contributed by atoms with van der Waals surface area (Å²) in [5.41, 5.74) is 3.85. The number of alkyl halides is 1. The Bertz CT molecular complexity index is 593. The Morgan fingerprint density at radius 3 is 2.90 bits per heavy atom. The van der Waals surface area contributed by atoms with Crippen LogP contribution in [-0.2, 0) is 22.6 Å². The molecule has 1 fully saturated rings. The normalized spacial score (nSPS) is 25.8. The summed E-state index contributed by atoms with van der Waals surface area (Å²) in [6.07, 6.45) is 2.02. The van der Waals surface area contributed by atoms with Gasteiger partial charge in [0.2, 0.25) is 11.8 Å². The molecule has 2 amide bonds. The highest BCUT2D eigenvalue weighted by Gasteiger charge is 2.39. The first-order valence-electron chi connectivity index (χ1n) is 7.06. The molecule has 1 N–H and O–H groups in total. The second kappa shape index (κ2) is 6.26. The van der Waals surface area contributed by atoms with E-state index < -0.39 is 0 Å². The van der Waals surface area contributed by atoms with Gasteiger partial charge in [0.05, 0.1) is 11.4 Å². The number of nitrogens with one attached hydrogen (secondary N) is 1. The van der Waals surface area contributed by atoms with Crippen LogP contribution in [0.4, 0.5) is 0 Å². The molecule has 0 bridgehead atoms. The third-order valence-electron chi connectivity index (χ3n) is 4.22. The van der Waals surface area contributed by atoms with Crippen molar-refractivity contribution >= 4 is 47.0 Å². The molecule has 3 rings (SSSR count). The molecule has 2 unspecified atom stereocenters. The molecule has 0 aliphatic carbocycles. The van der Waals surface area contributed by atoms with Crippen molar-refractivity contribution in [1.82, 2.24) is 10.2 Å². The highest BCUT2D eigenvalue weighted by Crippen LogP contribution is 2.40. The van der Waals surface area contributed by atoms with Crippen molar-refractivity contribution in [3.05, 3.63) is 34.9 Å². The summed E-state index contributed by atoms with van der Waals surface area (Å²) in [5, 5.41) is 2.37. The van der Waals surface area contributed by atoms with Crippen molar-refractivity contribution < 1.29 is 9.59 Å². The second-order valence-corrected chi connectivity index (χ2v) is 7.00. The van der Waals surface area contributed by atoms with Crippen molar-refractivity contribution in [2.24, 2.45) is 0 Å². The Hall–Kier alpha value is -0.600. The lowest BCUT2D eigenvalue weighted by Crippen LogP contribution is -2.51. The molecule has 2 aliphatic heterocycles. The van der Waals surface area contributed by atoms with Crippen LogP contribution in [0.25, 0.3) is 0 Å². The van der Waals surface area contributed by atoms with Gasteiger partial charge in [0, 0.05) is 17.4 Å². The van der Waals surface area contributed by atoms with E-state index in [4.69, 9.17) is 12.6 Å². The van der Waals surface area contributed by atoms with E-state index >= 15 is 0 Å². The number of hydrogen-bond acceptors (Lipinski definition) is 4. The van der Waals surface area contributed by atoms with Gasteiger partial charge in [0.25, 0.3) is 0 Å². The quantitative estimate of drug-likeness (QED) is 0.344. The van der Waals surface area contributed by atoms with Gasteiger partial charge in [-0.15, -0.1) is 0 Å². The summed E-state index contributed by atoms with van der Waals surface area (Å²) < 4.78 is 1.07. The van der Waals surface area contributed by atoms with Gasteiger partial charge in [-0.1, -0.05) is 40.8 Å². The predicted molar refractivity (Wildman–Crippen MR) is 92.5 cm³/mol. The van der Waals surface area contributed by atoms with Crippen LogP contribution in [-0.4, -0.2) is 27.2 Å². The Morgan fingerprint density at radius 2 is 2.19 bits per heavy atom. The topological polar surface area (TPSA) is 49.4 Å². The summed E-state index contributed by atoms with van der Waals surface area (Å²) in [6, 6.07) is 6.06. The molecular formula is C15H17IN2O2S. The van der Waals surface area contributed by atoms with E-state index in [-0.39, 0.29) is 23.2 Å². The number of amides is 2. The van der Waals surface area contributed by atoms with E-state index in [2.05, 4.69) is 51.0 Å². The van der Waals surface area contributed by atoms with Crippen LogP contribution in [0.5, 0.6) is 0 Å². The van der Waals surface area contributed by atoms with Crippen LogP contribution in [0.1, 0.15) is 34.9 Å². The fraction of sp³-hybridized carbons (Fsp3) is 0.467. The zero-order valence-corrected chi connectivity index (χ0v) is 14.6. The fourth-order valence-corrected chi connectivity index (χ4v) is 4.22. The Kier molecular flexibility index (Phi) is 4.56. The first kappa shape index (κ1) is 15.3. The van der Waals surface area contributed by atoms with Gasteiger partial charge >= 0.3 is 0 Å². The zero-order valence-electron chi connectivity index (χ0n) is 11.5. The number of imide groups is 1. The molecule has 0 radical (unpaired) electrons. The lowest BCUT2D eigenvalue weighted by molar-refractivity contribution is -0.137. The number of carbonyl (C=O) groups is 2. The Balaban J connectivity index is 1.86. The highest BCUT2D eigenvalue weighted by atomic mass is 127. The number of piperidine rings is 1. The number of fused-ring (bicyclic) bond motifs is 1. The third kappa shape index (κ3) is 2.85. The van der Waals surface area contributed by atoms with Crippen LogP contribution in [0, 0.1) is 0 Å². The zero-order chi connectivity index (χ0) is 15.0. The molecule has 0 saturated carbocycles. The fourth-order valence-electron chi connectivity index (χ4n) is 3.15. The molecule has 1 aromatic carbocycles. The van der Waals surface area contributed by atoms with Crippen LogP contribution in [0.3, 0.4) is 0 Å². The Morgan fingerprint density at radius 1 is 1.38 bits per heavy atom. The molecule has 0 aromatic heterocycles. The summed E-state index contributed by atoms with van der Waals surface area (Å²) >= 11 is 7.10. The summed E-state index contributed by atoms with van der Waals surface area (Å²) in [5.74, 6) is -0.358. The van der Waals surface area contributed by atoms with Gasteiger partial charge in [0.15, 0.2) is 0 Å². The first-order chi connectivity index (χ1) is 10.1. The molecular weight excluding hydrogens is 399 g/mol. The molecule has 0 spiro atoms.